The van der Waals surface area contributed by atoms with Crippen molar-refractivity contribution >= 4 is 27.5 Å². The molecule has 1 amide bonds. The van der Waals surface area contributed by atoms with Crippen molar-refractivity contribution < 1.29 is 9.53 Å². The van der Waals surface area contributed by atoms with Gasteiger partial charge in [-0.2, -0.15) is 0 Å². The molecule has 1 N–H and O–H groups in total. The molecule has 1 atom stereocenters. The average Bonchev–Trinajstić information content (AvgIpc) is 3.47. The Morgan fingerprint density at radius 3 is 2.77 bits per heavy atom. The minimum absolute atomic E-state index is 0.0366. The van der Waals surface area contributed by atoms with Crippen LogP contribution in [0, 0.1) is 0 Å². The van der Waals surface area contributed by atoms with Gasteiger partial charge in [-0.3, -0.25) is 14.2 Å². The molecule has 3 aromatic rings. The van der Waals surface area contributed by atoms with Crippen LogP contribution in [-0.2, 0) is 28.9 Å². The van der Waals surface area contributed by atoms with Crippen LogP contribution in [0.4, 0.5) is 0 Å². The predicted octanol–water partition coefficient (Wildman–Crippen LogP) is 2.00. The molecule has 1 aromatic carbocycles. The first-order valence-corrected chi connectivity index (χ1v) is 11.2. The number of aromatic nitrogens is 2. The second-order valence-electron chi connectivity index (χ2n) is 7.82. The molecule has 3 heterocycles. The molecule has 0 saturated carbocycles. The fraction of sp³-hybridized carbons (Fsp3) is 0.409. The van der Waals surface area contributed by atoms with Gasteiger partial charge in [-0.05, 0) is 49.8 Å². The summed E-state index contributed by atoms with van der Waals surface area (Å²) in [7, 11) is 0. The Morgan fingerprint density at radius 1 is 1.17 bits per heavy atom. The van der Waals surface area contributed by atoms with E-state index >= 15 is 0 Å². The van der Waals surface area contributed by atoms with Crippen molar-refractivity contribution in [2.45, 2.75) is 44.8 Å². The first-order valence-electron chi connectivity index (χ1n) is 10.4. The maximum Gasteiger partial charge on any atom is 0.337 e. The zero-order valence-corrected chi connectivity index (χ0v) is 17.4. The Labute approximate surface area is 176 Å². The van der Waals surface area contributed by atoms with E-state index in [2.05, 4.69) is 5.32 Å². The molecule has 1 saturated heterocycles. The lowest BCUT2D eigenvalue weighted by Crippen LogP contribution is -2.42. The van der Waals surface area contributed by atoms with Gasteiger partial charge >= 0.3 is 5.69 Å². The van der Waals surface area contributed by atoms with Crippen LogP contribution in [0.5, 0.6) is 0 Å². The van der Waals surface area contributed by atoms with Crippen molar-refractivity contribution in [3.8, 4) is 5.69 Å². The van der Waals surface area contributed by atoms with Crippen LogP contribution in [0.25, 0.3) is 15.9 Å². The molecule has 2 aliphatic rings. The van der Waals surface area contributed by atoms with Crippen LogP contribution >= 0.6 is 11.3 Å². The molecule has 156 valence electrons. The smallest absolute Gasteiger partial charge is 0.337 e. The molecule has 1 unspecified atom stereocenters. The lowest BCUT2D eigenvalue weighted by Gasteiger charge is -2.14. The standard InChI is InChI=1S/C22H23N3O4S/c26-18(23-12-15-8-5-11-29-15)13-24-21-19(16-9-4-10-17(16)30-21)20(27)25(22(24)28)14-6-2-1-3-7-14/h1-3,6-7,15H,4-5,8-13H2,(H,23,26). The van der Waals surface area contributed by atoms with Gasteiger partial charge in [0.25, 0.3) is 5.56 Å². The number of ether oxygens (including phenoxy) is 1. The van der Waals surface area contributed by atoms with Crippen LogP contribution in [0.1, 0.15) is 29.7 Å². The highest BCUT2D eigenvalue weighted by Gasteiger charge is 2.26. The quantitative estimate of drug-likeness (QED) is 0.678. The molecule has 7 nitrogen and oxygen atoms in total. The van der Waals surface area contributed by atoms with Crippen molar-refractivity contribution in [3.63, 3.8) is 0 Å². The molecule has 5 rings (SSSR count). The number of para-hydroxylation sites is 1. The summed E-state index contributed by atoms with van der Waals surface area (Å²) >= 11 is 1.48. The average molecular weight is 426 g/mol. The fourth-order valence-corrected chi connectivity index (χ4v) is 5.76. The van der Waals surface area contributed by atoms with E-state index in [9.17, 15) is 14.4 Å². The van der Waals surface area contributed by atoms with Crippen molar-refractivity contribution in [1.82, 2.24) is 14.5 Å². The highest BCUT2D eigenvalue weighted by molar-refractivity contribution is 7.19. The second-order valence-corrected chi connectivity index (χ2v) is 8.91. The van der Waals surface area contributed by atoms with E-state index in [0.717, 1.165) is 49.2 Å². The number of nitrogens with zero attached hydrogens (tertiary/aromatic N) is 2. The largest absolute Gasteiger partial charge is 0.376 e. The van der Waals surface area contributed by atoms with Crippen molar-refractivity contribution in [2.75, 3.05) is 13.2 Å². The van der Waals surface area contributed by atoms with Gasteiger partial charge in [-0.15, -0.1) is 11.3 Å². The van der Waals surface area contributed by atoms with Crippen LogP contribution in [0.15, 0.2) is 39.9 Å². The van der Waals surface area contributed by atoms with Gasteiger partial charge in [-0.1, -0.05) is 18.2 Å². The normalized spacial score (nSPS) is 18.1. The molecule has 8 heteroatoms. The van der Waals surface area contributed by atoms with E-state index in [1.807, 2.05) is 6.07 Å². The Hall–Kier alpha value is -2.71. The van der Waals surface area contributed by atoms with Crippen LogP contribution in [0.3, 0.4) is 0 Å². The van der Waals surface area contributed by atoms with Gasteiger partial charge in [0.2, 0.25) is 5.91 Å². The molecule has 1 aliphatic carbocycles. The highest BCUT2D eigenvalue weighted by atomic mass is 32.1. The van der Waals surface area contributed by atoms with E-state index in [-0.39, 0.29) is 24.1 Å². The van der Waals surface area contributed by atoms with E-state index in [0.29, 0.717) is 22.4 Å². The number of fused-ring (bicyclic) bond motifs is 3. The Morgan fingerprint density at radius 2 is 2.00 bits per heavy atom. The number of benzene rings is 1. The summed E-state index contributed by atoms with van der Waals surface area (Å²) < 4.78 is 8.21. The number of hydrogen-bond acceptors (Lipinski definition) is 5. The molecule has 1 aliphatic heterocycles. The molecule has 0 radical (unpaired) electrons. The number of nitrogens with one attached hydrogen (secondary N) is 1. The zero-order valence-electron chi connectivity index (χ0n) is 16.6. The third-order valence-electron chi connectivity index (χ3n) is 5.85. The number of rotatable bonds is 5. The predicted molar refractivity (Wildman–Crippen MR) is 116 cm³/mol. The van der Waals surface area contributed by atoms with E-state index in [1.54, 1.807) is 24.3 Å². The third kappa shape index (κ3) is 3.30. The molecule has 2 aromatic heterocycles. The Bertz CT molecular complexity index is 1220. The van der Waals surface area contributed by atoms with Gasteiger partial charge in [0.05, 0.1) is 17.2 Å². The molecular formula is C22H23N3O4S. The Kier molecular flexibility index (Phi) is 5.04. The van der Waals surface area contributed by atoms with Crippen molar-refractivity contribution in [2.24, 2.45) is 0 Å². The number of carbonyl (C=O) groups is 1. The van der Waals surface area contributed by atoms with Gasteiger partial charge in [-0.25, -0.2) is 9.36 Å². The summed E-state index contributed by atoms with van der Waals surface area (Å²) in [6.45, 7) is 1.05. The van der Waals surface area contributed by atoms with E-state index in [4.69, 9.17) is 4.74 Å². The number of hydrogen-bond donors (Lipinski definition) is 1. The van der Waals surface area contributed by atoms with Crippen molar-refractivity contribution in [3.05, 3.63) is 61.6 Å². The first-order chi connectivity index (χ1) is 14.6. The minimum atomic E-state index is -0.481. The number of amides is 1. The van der Waals surface area contributed by atoms with Gasteiger partial charge < -0.3 is 10.1 Å². The van der Waals surface area contributed by atoms with Crippen LogP contribution in [-0.4, -0.2) is 34.3 Å². The summed E-state index contributed by atoms with van der Waals surface area (Å²) in [6.07, 6.45) is 4.74. The molecule has 1 fully saturated rings. The first kappa shape index (κ1) is 19.3. The van der Waals surface area contributed by atoms with E-state index in [1.165, 1.54) is 20.5 Å². The SMILES string of the molecule is O=C(Cn1c(=O)n(-c2ccccc2)c(=O)c2c3c(sc21)CCC3)NCC1CCCO1. The lowest BCUT2D eigenvalue weighted by molar-refractivity contribution is -0.122. The molecule has 0 bridgehead atoms. The summed E-state index contributed by atoms with van der Waals surface area (Å²) in [6, 6.07) is 8.91. The maximum atomic E-state index is 13.4. The summed E-state index contributed by atoms with van der Waals surface area (Å²) in [5, 5.41) is 3.47. The molecular weight excluding hydrogens is 402 g/mol. The Balaban J connectivity index is 1.59. The zero-order chi connectivity index (χ0) is 20.7. The van der Waals surface area contributed by atoms with Gasteiger partial charge in [0, 0.05) is 18.0 Å². The lowest BCUT2D eigenvalue weighted by atomic mass is 10.2. The van der Waals surface area contributed by atoms with Crippen LogP contribution < -0.4 is 16.6 Å². The number of aryl methyl sites for hydroxylation is 2. The monoisotopic (exact) mass is 425 g/mol. The topological polar surface area (TPSA) is 82.3 Å². The number of thiophene rings is 1. The molecule has 30 heavy (non-hydrogen) atoms. The second kappa shape index (κ2) is 7.85. The van der Waals surface area contributed by atoms with Gasteiger partial charge in [0.1, 0.15) is 11.4 Å². The maximum absolute atomic E-state index is 13.4. The highest BCUT2D eigenvalue weighted by Crippen LogP contribution is 2.35. The number of carbonyl (C=O) groups excluding carboxylic acids is 1. The molecule has 0 spiro atoms. The van der Waals surface area contributed by atoms with Gasteiger partial charge in [0.15, 0.2) is 0 Å². The summed E-state index contributed by atoms with van der Waals surface area (Å²) in [4.78, 5) is 41.1. The summed E-state index contributed by atoms with van der Waals surface area (Å²) in [5.74, 6) is -0.249. The fourth-order valence-electron chi connectivity index (χ4n) is 4.38. The summed E-state index contributed by atoms with van der Waals surface area (Å²) in [5.41, 5.74) is 0.779. The third-order valence-corrected chi connectivity index (χ3v) is 7.17. The minimum Gasteiger partial charge on any atom is -0.376 e. The van der Waals surface area contributed by atoms with E-state index < -0.39 is 5.69 Å². The van der Waals surface area contributed by atoms with Crippen molar-refractivity contribution in [1.29, 1.82) is 0 Å². The van der Waals surface area contributed by atoms with Crippen LogP contribution in [0.2, 0.25) is 0 Å².